The number of nitro benzene ring substituents is 1. The number of nitro groups is 1. The van der Waals surface area contributed by atoms with E-state index in [9.17, 15) is 10.1 Å². The van der Waals surface area contributed by atoms with Crippen molar-refractivity contribution < 1.29 is 9.66 Å². The van der Waals surface area contributed by atoms with Crippen molar-refractivity contribution in [1.82, 2.24) is 0 Å². The number of non-ortho nitro benzene ring substituents is 1. The Bertz CT molecular complexity index is 574. The smallest absolute Gasteiger partial charge is 0.269 e. The molecule has 98 valence electrons. The van der Waals surface area contributed by atoms with Crippen LogP contribution in [0.25, 0.3) is 0 Å². The van der Waals surface area contributed by atoms with Gasteiger partial charge in [0, 0.05) is 21.9 Å². The van der Waals surface area contributed by atoms with Gasteiger partial charge in [0.25, 0.3) is 5.69 Å². The molecule has 0 saturated heterocycles. The minimum absolute atomic E-state index is 0.0979. The van der Waals surface area contributed by atoms with E-state index in [2.05, 4.69) is 15.9 Å². The standard InChI is InChI=1S/C13H10BrNO3S/c14-9-18-11-2-1-3-13(8-11)19-12-6-4-10(5-7-12)15(16)17/h1-8H,9H2. The van der Waals surface area contributed by atoms with Crippen molar-refractivity contribution in [3.05, 3.63) is 58.6 Å². The number of halogens is 1. The molecule has 0 aliphatic heterocycles. The minimum Gasteiger partial charge on any atom is -0.482 e. The fourth-order valence-electron chi connectivity index (χ4n) is 1.46. The summed E-state index contributed by atoms with van der Waals surface area (Å²) in [6, 6.07) is 14.2. The lowest BCUT2D eigenvalue weighted by Crippen LogP contribution is -1.88. The summed E-state index contributed by atoms with van der Waals surface area (Å²) in [5.41, 5.74) is 0.541. The van der Waals surface area contributed by atoms with Crippen LogP contribution in [-0.2, 0) is 0 Å². The van der Waals surface area contributed by atoms with Gasteiger partial charge in [-0.05, 0) is 46.3 Å². The molecule has 4 nitrogen and oxygen atoms in total. The zero-order valence-corrected chi connectivity index (χ0v) is 12.2. The molecule has 0 amide bonds. The lowest BCUT2D eigenvalue weighted by Gasteiger charge is -2.05. The SMILES string of the molecule is O=[N+]([O-])c1ccc(Sc2cccc(OCBr)c2)cc1. The zero-order chi connectivity index (χ0) is 13.7. The van der Waals surface area contributed by atoms with Crippen LogP contribution in [0.4, 0.5) is 5.69 Å². The van der Waals surface area contributed by atoms with Gasteiger partial charge >= 0.3 is 0 Å². The van der Waals surface area contributed by atoms with Crippen molar-refractivity contribution in [2.24, 2.45) is 0 Å². The van der Waals surface area contributed by atoms with Crippen LogP contribution in [0.3, 0.4) is 0 Å². The van der Waals surface area contributed by atoms with Crippen molar-refractivity contribution in [3.8, 4) is 5.75 Å². The Labute approximate surface area is 123 Å². The quantitative estimate of drug-likeness (QED) is 0.458. The van der Waals surface area contributed by atoms with Gasteiger partial charge in [0.2, 0.25) is 0 Å². The second-order valence-corrected chi connectivity index (χ2v) is 5.19. The molecule has 0 aliphatic carbocycles. The molecule has 0 N–H and O–H groups in total. The molecular formula is C13H10BrNO3S. The van der Waals surface area contributed by atoms with Gasteiger partial charge in [0.1, 0.15) is 11.3 Å². The number of alkyl halides is 1. The molecule has 19 heavy (non-hydrogen) atoms. The lowest BCUT2D eigenvalue weighted by atomic mass is 10.3. The molecule has 0 unspecified atom stereocenters. The van der Waals surface area contributed by atoms with Crippen molar-refractivity contribution in [3.63, 3.8) is 0 Å². The maximum atomic E-state index is 10.6. The highest BCUT2D eigenvalue weighted by Crippen LogP contribution is 2.31. The van der Waals surface area contributed by atoms with Gasteiger partial charge in [-0.15, -0.1) is 0 Å². The van der Waals surface area contributed by atoms with Crippen LogP contribution in [0.15, 0.2) is 58.3 Å². The summed E-state index contributed by atoms with van der Waals surface area (Å²) < 4.78 is 5.35. The summed E-state index contributed by atoms with van der Waals surface area (Å²) in [6.45, 7) is 0. The van der Waals surface area contributed by atoms with Gasteiger partial charge in [-0.2, -0.15) is 0 Å². The first-order valence-electron chi connectivity index (χ1n) is 5.40. The highest BCUT2D eigenvalue weighted by Gasteiger charge is 2.05. The Morgan fingerprint density at radius 1 is 1.16 bits per heavy atom. The minimum atomic E-state index is -0.404. The molecule has 2 aromatic rings. The highest BCUT2D eigenvalue weighted by molar-refractivity contribution is 9.09. The molecule has 2 rings (SSSR count). The first-order valence-corrected chi connectivity index (χ1v) is 7.34. The molecule has 0 fully saturated rings. The van der Waals surface area contributed by atoms with Gasteiger partial charge in [0.05, 0.1) is 4.92 Å². The third kappa shape index (κ3) is 3.97. The maximum Gasteiger partial charge on any atom is 0.269 e. The van der Waals surface area contributed by atoms with E-state index in [0.29, 0.717) is 5.52 Å². The van der Waals surface area contributed by atoms with Crippen LogP contribution in [0.1, 0.15) is 0 Å². The van der Waals surface area contributed by atoms with Crippen LogP contribution in [0.2, 0.25) is 0 Å². The third-order valence-corrected chi connectivity index (χ3v) is 3.54. The number of nitrogens with zero attached hydrogens (tertiary/aromatic N) is 1. The number of ether oxygens (including phenoxy) is 1. The van der Waals surface area contributed by atoms with Gasteiger partial charge < -0.3 is 4.74 Å². The van der Waals surface area contributed by atoms with E-state index < -0.39 is 4.92 Å². The first-order chi connectivity index (χ1) is 9.19. The van der Waals surface area contributed by atoms with Crippen molar-refractivity contribution in [2.75, 3.05) is 5.52 Å². The summed E-state index contributed by atoms with van der Waals surface area (Å²) in [6.07, 6.45) is 0. The van der Waals surface area contributed by atoms with E-state index >= 15 is 0 Å². The van der Waals surface area contributed by atoms with Gasteiger partial charge in [-0.25, -0.2) is 0 Å². The van der Waals surface area contributed by atoms with Crippen molar-refractivity contribution in [2.45, 2.75) is 9.79 Å². The monoisotopic (exact) mass is 339 g/mol. The maximum absolute atomic E-state index is 10.6. The van der Waals surface area contributed by atoms with E-state index in [-0.39, 0.29) is 5.69 Å². The molecule has 0 aromatic heterocycles. The average molecular weight is 340 g/mol. The normalized spacial score (nSPS) is 10.2. The molecule has 0 radical (unpaired) electrons. The number of hydrogen-bond donors (Lipinski definition) is 0. The molecule has 0 bridgehead atoms. The molecule has 0 aliphatic rings. The van der Waals surface area contributed by atoms with E-state index in [1.807, 2.05) is 24.3 Å². The van der Waals surface area contributed by atoms with Crippen LogP contribution < -0.4 is 4.74 Å². The molecule has 0 spiro atoms. The van der Waals surface area contributed by atoms with E-state index in [1.54, 1.807) is 12.1 Å². The Hall–Kier alpha value is -1.53. The predicted molar refractivity (Wildman–Crippen MR) is 78.1 cm³/mol. The fourth-order valence-corrected chi connectivity index (χ4v) is 2.59. The summed E-state index contributed by atoms with van der Waals surface area (Å²) in [7, 11) is 0. The molecule has 0 saturated carbocycles. The van der Waals surface area contributed by atoms with Crippen LogP contribution in [0, 0.1) is 10.1 Å². The Morgan fingerprint density at radius 3 is 2.53 bits per heavy atom. The second-order valence-electron chi connectivity index (χ2n) is 3.58. The zero-order valence-electron chi connectivity index (χ0n) is 9.78. The third-order valence-electron chi connectivity index (χ3n) is 2.31. The largest absolute Gasteiger partial charge is 0.482 e. The first kappa shape index (κ1) is 13.9. The fraction of sp³-hybridized carbons (Fsp3) is 0.0769. The van der Waals surface area contributed by atoms with Gasteiger partial charge in [-0.1, -0.05) is 17.8 Å². The van der Waals surface area contributed by atoms with Crippen LogP contribution in [-0.4, -0.2) is 10.4 Å². The van der Waals surface area contributed by atoms with Gasteiger partial charge in [-0.3, -0.25) is 10.1 Å². The summed E-state index contributed by atoms with van der Waals surface area (Å²) in [5, 5.41) is 10.6. The van der Waals surface area contributed by atoms with E-state index in [4.69, 9.17) is 4.74 Å². The highest BCUT2D eigenvalue weighted by atomic mass is 79.9. The summed E-state index contributed by atoms with van der Waals surface area (Å²) >= 11 is 4.74. The summed E-state index contributed by atoms with van der Waals surface area (Å²) in [4.78, 5) is 12.1. The van der Waals surface area contributed by atoms with Crippen LogP contribution in [0.5, 0.6) is 5.75 Å². The topological polar surface area (TPSA) is 52.4 Å². The Kier molecular flexibility index (Phi) is 4.81. The molecule has 6 heteroatoms. The summed E-state index contributed by atoms with van der Waals surface area (Å²) in [5.74, 6) is 0.781. The predicted octanol–water partition coefficient (Wildman–Crippen LogP) is 4.48. The number of rotatable bonds is 5. The molecule has 0 heterocycles. The number of hydrogen-bond acceptors (Lipinski definition) is 4. The average Bonchev–Trinajstić information content (AvgIpc) is 2.40. The van der Waals surface area contributed by atoms with E-state index in [0.717, 1.165) is 15.5 Å². The van der Waals surface area contributed by atoms with Crippen molar-refractivity contribution >= 4 is 33.4 Å². The molecule has 2 aromatic carbocycles. The molecular weight excluding hydrogens is 330 g/mol. The van der Waals surface area contributed by atoms with Crippen molar-refractivity contribution in [1.29, 1.82) is 0 Å². The van der Waals surface area contributed by atoms with E-state index in [1.165, 1.54) is 23.9 Å². The van der Waals surface area contributed by atoms with Gasteiger partial charge in [0.15, 0.2) is 0 Å². The second kappa shape index (κ2) is 6.58. The Morgan fingerprint density at radius 2 is 1.89 bits per heavy atom. The Balaban J connectivity index is 2.12. The lowest BCUT2D eigenvalue weighted by molar-refractivity contribution is -0.384. The van der Waals surface area contributed by atoms with Crippen LogP contribution >= 0.6 is 27.7 Å². The molecule has 0 atom stereocenters. The number of benzene rings is 2.